The molecule has 0 aliphatic heterocycles. The summed E-state index contributed by atoms with van der Waals surface area (Å²) in [7, 11) is 0. The van der Waals surface area contributed by atoms with Gasteiger partial charge in [-0.15, -0.1) is 0 Å². The predicted molar refractivity (Wildman–Crippen MR) is 68.5 cm³/mol. The zero-order valence-electron chi connectivity index (χ0n) is 11.0. The molecule has 18 heavy (non-hydrogen) atoms. The Morgan fingerprint density at radius 3 is 2.33 bits per heavy atom. The third-order valence-corrected chi connectivity index (χ3v) is 2.77. The minimum Gasteiger partial charge on any atom is -0.390 e. The number of hydrogen-bond donors (Lipinski definition) is 2. The molecule has 0 aliphatic carbocycles. The van der Waals surface area contributed by atoms with Crippen LogP contribution in [0.4, 0.5) is 8.78 Å². The Morgan fingerprint density at radius 2 is 1.78 bits per heavy atom. The average molecular weight is 257 g/mol. The molecule has 1 aromatic carbocycles. The van der Waals surface area contributed by atoms with Crippen LogP contribution in [-0.4, -0.2) is 23.8 Å². The molecule has 1 rings (SSSR count). The van der Waals surface area contributed by atoms with Gasteiger partial charge >= 0.3 is 0 Å². The minimum absolute atomic E-state index is 0.246. The first-order valence-corrected chi connectivity index (χ1v) is 6.31. The molecule has 1 unspecified atom stereocenters. The van der Waals surface area contributed by atoms with Gasteiger partial charge in [0, 0.05) is 12.5 Å². The Morgan fingerprint density at radius 1 is 1.17 bits per heavy atom. The van der Waals surface area contributed by atoms with Gasteiger partial charge in [0.05, 0.1) is 5.60 Å². The highest BCUT2D eigenvalue weighted by Crippen LogP contribution is 2.18. The van der Waals surface area contributed by atoms with Crippen molar-refractivity contribution < 1.29 is 13.9 Å². The van der Waals surface area contributed by atoms with Crippen LogP contribution in [0.25, 0.3) is 0 Å². The first-order valence-electron chi connectivity index (χ1n) is 6.31. The number of halogens is 2. The van der Waals surface area contributed by atoms with Crippen molar-refractivity contribution in [1.82, 2.24) is 5.32 Å². The van der Waals surface area contributed by atoms with Gasteiger partial charge in [0.1, 0.15) is 11.6 Å². The Balaban J connectivity index is 2.53. The van der Waals surface area contributed by atoms with Crippen molar-refractivity contribution >= 4 is 0 Å². The summed E-state index contributed by atoms with van der Waals surface area (Å²) in [6.45, 7) is 5.35. The first-order chi connectivity index (χ1) is 8.43. The van der Waals surface area contributed by atoms with Gasteiger partial charge in [-0.1, -0.05) is 6.92 Å². The normalized spacial score (nSPS) is 14.5. The monoisotopic (exact) mass is 257 g/mol. The van der Waals surface area contributed by atoms with Gasteiger partial charge in [-0.25, -0.2) is 8.78 Å². The lowest BCUT2D eigenvalue weighted by Crippen LogP contribution is -2.32. The molecular weight excluding hydrogens is 236 g/mol. The topological polar surface area (TPSA) is 32.3 Å². The maximum atomic E-state index is 13.0. The van der Waals surface area contributed by atoms with Crippen LogP contribution in [0.1, 0.15) is 32.3 Å². The lowest BCUT2D eigenvalue weighted by atomic mass is 9.93. The Hall–Kier alpha value is -1.00. The fourth-order valence-electron chi connectivity index (χ4n) is 1.90. The SMILES string of the molecule is CCCNCCC(C)(O)Cc1cc(F)cc(F)c1. The Kier molecular flexibility index (Phi) is 5.69. The van der Waals surface area contributed by atoms with Gasteiger partial charge in [-0.3, -0.25) is 0 Å². The van der Waals surface area contributed by atoms with Crippen molar-refractivity contribution in [2.24, 2.45) is 0 Å². The largest absolute Gasteiger partial charge is 0.390 e. The molecule has 1 aromatic rings. The molecule has 0 radical (unpaired) electrons. The molecule has 0 saturated carbocycles. The van der Waals surface area contributed by atoms with E-state index in [2.05, 4.69) is 12.2 Å². The van der Waals surface area contributed by atoms with Gasteiger partial charge < -0.3 is 10.4 Å². The van der Waals surface area contributed by atoms with Crippen LogP contribution in [0.5, 0.6) is 0 Å². The van der Waals surface area contributed by atoms with E-state index in [4.69, 9.17) is 0 Å². The molecule has 0 heterocycles. The smallest absolute Gasteiger partial charge is 0.126 e. The fraction of sp³-hybridized carbons (Fsp3) is 0.571. The van der Waals surface area contributed by atoms with Crippen LogP contribution in [0, 0.1) is 11.6 Å². The summed E-state index contributed by atoms with van der Waals surface area (Å²) in [6, 6.07) is 3.36. The van der Waals surface area contributed by atoms with Gasteiger partial charge in [-0.05, 0) is 50.6 Å². The molecule has 102 valence electrons. The number of hydrogen-bond acceptors (Lipinski definition) is 2. The summed E-state index contributed by atoms with van der Waals surface area (Å²) in [5.41, 5.74) is -0.478. The van der Waals surface area contributed by atoms with Crippen LogP contribution in [0.3, 0.4) is 0 Å². The van der Waals surface area contributed by atoms with E-state index in [-0.39, 0.29) is 6.42 Å². The summed E-state index contributed by atoms with van der Waals surface area (Å²) in [5.74, 6) is -1.21. The Labute approximate surface area is 107 Å². The van der Waals surface area contributed by atoms with Crippen LogP contribution in [-0.2, 0) is 6.42 Å². The molecule has 0 saturated heterocycles. The molecule has 0 amide bonds. The maximum absolute atomic E-state index is 13.0. The van der Waals surface area contributed by atoms with E-state index >= 15 is 0 Å². The highest BCUT2D eigenvalue weighted by molar-refractivity contribution is 5.19. The molecule has 0 aromatic heterocycles. The number of benzene rings is 1. The van der Waals surface area contributed by atoms with Gasteiger partial charge in [0.15, 0.2) is 0 Å². The van der Waals surface area contributed by atoms with Crippen molar-refractivity contribution in [3.8, 4) is 0 Å². The van der Waals surface area contributed by atoms with Gasteiger partial charge in [0.25, 0.3) is 0 Å². The lowest BCUT2D eigenvalue weighted by Gasteiger charge is -2.23. The average Bonchev–Trinajstić information content (AvgIpc) is 2.22. The van der Waals surface area contributed by atoms with Crippen molar-refractivity contribution in [3.05, 3.63) is 35.4 Å². The molecule has 1 atom stereocenters. The zero-order valence-corrected chi connectivity index (χ0v) is 11.0. The second kappa shape index (κ2) is 6.81. The van der Waals surface area contributed by atoms with E-state index in [1.807, 2.05) is 0 Å². The van der Waals surface area contributed by atoms with E-state index in [1.54, 1.807) is 6.92 Å². The maximum Gasteiger partial charge on any atom is 0.126 e. The van der Waals surface area contributed by atoms with Crippen LogP contribution < -0.4 is 5.32 Å². The van der Waals surface area contributed by atoms with E-state index in [1.165, 1.54) is 12.1 Å². The van der Waals surface area contributed by atoms with E-state index in [0.717, 1.165) is 19.0 Å². The van der Waals surface area contributed by atoms with Crippen molar-refractivity contribution in [2.75, 3.05) is 13.1 Å². The fourth-order valence-corrected chi connectivity index (χ4v) is 1.90. The molecule has 4 heteroatoms. The molecule has 0 spiro atoms. The van der Waals surface area contributed by atoms with E-state index < -0.39 is 17.2 Å². The van der Waals surface area contributed by atoms with Crippen LogP contribution in [0.15, 0.2) is 18.2 Å². The minimum atomic E-state index is -0.957. The molecule has 0 aliphatic rings. The van der Waals surface area contributed by atoms with E-state index in [0.29, 0.717) is 18.5 Å². The Bertz CT molecular complexity index is 360. The molecule has 0 bridgehead atoms. The van der Waals surface area contributed by atoms with Gasteiger partial charge in [0.2, 0.25) is 0 Å². The van der Waals surface area contributed by atoms with E-state index in [9.17, 15) is 13.9 Å². The molecule has 0 fully saturated rings. The summed E-state index contributed by atoms with van der Waals surface area (Å²) in [5, 5.41) is 13.4. The second-order valence-corrected chi connectivity index (χ2v) is 4.95. The summed E-state index contributed by atoms with van der Waals surface area (Å²) >= 11 is 0. The lowest BCUT2D eigenvalue weighted by molar-refractivity contribution is 0.0515. The summed E-state index contributed by atoms with van der Waals surface area (Å²) in [4.78, 5) is 0. The van der Waals surface area contributed by atoms with Crippen LogP contribution in [0.2, 0.25) is 0 Å². The second-order valence-electron chi connectivity index (χ2n) is 4.95. The molecule has 2 N–H and O–H groups in total. The predicted octanol–water partition coefficient (Wildman–Crippen LogP) is 2.65. The van der Waals surface area contributed by atoms with Crippen LogP contribution >= 0.6 is 0 Å². The summed E-state index contributed by atoms with van der Waals surface area (Å²) in [6.07, 6.45) is 1.83. The highest BCUT2D eigenvalue weighted by Gasteiger charge is 2.21. The van der Waals surface area contributed by atoms with Crippen molar-refractivity contribution in [2.45, 2.75) is 38.7 Å². The summed E-state index contributed by atoms with van der Waals surface area (Å²) < 4.78 is 26.0. The third kappa shape index (κ3) is 5.56. The van der Waals surface area contributed by atoms with Crippen molar-refractivity contribution in [3.63, 3.8) is 0 Å². The third-order valence-electron chi connectivity index (χ3n) is 2.77. The zero-order chi connectivity index (χ0) is 13.6. The molecular formula is C14H21F2NO. The quantitative estimate of drug-likeness (QED) is 0.736. The number of rotatable bonds is 7. The van der Waals surface area contributed by atoms with Crippen molar-refractivity contribution in [1.29, 1.82) is 0 Å². The molecule has 2 nitrogen and oxygen atoms in total. The number of aliphatic hydroxyl groups is 1. The first kappa shape index (κ1) is 15.1. The number of nitrogens with one attached hydrogen (secondary N) is 1. The standard InChI is InChI=1S/C14H21F2NO/c1-3-5-17-6-4-14(2,18)10-11-7-12(15)9-13(16)8-11/h7-9,17-18H,3-6,10H2,1-2H3. The van der Waals surface area contributed by atoms with Gasteiger partial charge in [-0.2, -0.15) is 0 Å². The highest BCUT2D eigenvalue weighted by atomic mass is 19.1.